The highest BCUT2D eigenvalue weighted by Crippen LogP contribution is 2.24. The van der Waals surface area contributed by atoms with Crippen LogP contribution in [0.15, 0.2) is 63.8 Å². The first-order valence-corrected chi connectivity index (χ1v) is 8.57. The number of fused-ring (bicyclic) bond motifs is 1. The molecular formula is C21H21NO4. The second kappa shape index (κ2) is 7.44. The van der Waals surface area contributed by atoms with Crippen molar-refractivity contribution in [3.8, 4) is 5.75 Å². The Balaban J connectivity index is 1.82. The molecule has 0 saturated heterocycles. The molecule has 0 N–H and O–H groups in total. The van der Waals surface area contributed by atoms with E-state index in [1.54, 1.807) is 24.0 Å². The van der Waals surface area contributed by atoms with Crippen molar-refractivity contribution in [3.63, 3.8) is 0 Å². The summed E-state index contributed by atoms with van der Waals surface area (Å²) in [6, 6.07) is 16.2. The monoisotopic (exact) mass is 351 g/mol. The number of anilines is 1. The summed E-state index contributed by atoms with van der Waals surface area (Å²) in [5, 5.41) is 0.843. The smallest absolute Gasteiger partial charge is 0.336 e. The van der Waals surface area contributed by atoms with Gasteiger partial charge in [-0.05, 0) is 50.6 Å². The minimum Gasteiger partial charge on any atom is -0.481 e. The molecule has 0 saturated carbocycles. The Hall–Kier alpha value is -3.08. The molecule has 3 aromatic rings. The maximum Gasteiger partial charge on any atom is 0.336 e. The van der Waals surface area contributed by atoms with Gasteiger partial charge in [0, 0.05) is 29.8 Å². The summed E-state index contributed by atoms with van der Waals surface area (Å²) in [6.45, 7) is 6.03. The second-order valence-corrected chi connectivity index (χ2v) is 6.08. The van der Waals surface area contributed by atoms with Crippen molar-refractivity contribution in [3.05, 3.63) is 70.6 Å². The van der Waals surface area contributed by atoms with Crippen LogP contribution in [-0.2, 0) is 4.79 Å². The van der Waals surface area contributed by atoms with E-state index in [2.05, 4.69) is 0 Å². The lowest BCUT2D eigenvalue weighted by molar-refractivity contribution is -0.124. The molecule has 0 fully saturated rings. The summed E-state index contributed by atoms with van der Waals surface area (Å²) in [7, 11) is 0. The maximum atomic E-state index is 12.8. The largest absolute Gasteiger partial charge is 0.481 e. The van der Waals surface area contributed by atoms with E-state index in [0.717, 1.165) is 16.6 Å². The van der Waals surface area contributed by atoms with Gasteiger partial charge in [-0.1, -0.05) is 18.2 Å². The number of carbonyl (C=O) groups excluding carboxylic acids is 1. The average Bonchev–Trinajstić information content (AvgIpc) is 2.62. The number of nitrogens with zero attached hydrogens (tertiary/aromatic N) is 1. The van der Waals surface area contributed by atoms with Crippen molar-refractivity contribution in [1.29, 1.82) is 0 Å². The van der Waals surface area contributed by atoms with Crippen molar-refractivity contribution in [2.75, 3.05) is 11.4 Å². The molecule has 1 atom stereocenters. The lowest BCUT2D eigenvalue weighted by Gasteiger charge is -2.25. The molecule has 5 heteroatoms. The number of aryl methyl sites for hydroxylation is 1. The topological polar surface area (TPSA) is 59.8 Å². The van der Waals surface area contributed by atoms with Crippen molar-refractivity contribution in [2.45, 2.75) is 26.9 Å². The summed E-state index contributed by atoms with van der Waals surface area (Å²) >= 11 is 0. The van der Waals surface area contributed by atoms with Crippen molar-refractivity contribution >= 4 is 22.6 Å². The third-order valence-corrected chi connectivity index (χ3v) is 4.23. The van der Waals surface area contributed by atoms with E-state index in [-0.39, 0.29) is 5.91 Å². The highest BCUT2D eigenvalue weighted by molar-refractivity contribution is 5.96. The van der Waals surface area contributed by atoms with E-state index in [4.69, 9.17) is 9.15 Å². The first-order valence-electron chi connectivity index (χ1n) is 8.57. The lowest BCUT2D eigenvalue weighted by atomic mass is 10.1. The van der Waals surface area contributed by atoms with E-state index in [1.807, 2.05) is 50.2 Å². The maximum absolute atomic E-state index is 12.8. The van der Waals surface area contributed by atoms with Gasteiger partial charge in [0.05, 0.1) is 0 Å². The van der Waals surface area contributed by atoms with Gasteiger partial charge in [-0.15, -0.1) is 0 Å². The molecule has 0 aliphatic rings. The third-order valence-electron chi connectivity index (χ3n) is 4.23. The van der Waals surface area contributed by atoms with E-state index in [0.29, 0.717) is 17.9 Å². The number of hydrogen-bond donors (Lipinski definition) is 0. The Labute approximate surface area is 151 Å². The van der Waals surface area contributed by atoms with Crippen LogP contribution < -0.4 is 15.3 Å². The molecule has 5 nitrogen and oxygen atoms in total. The molecule has 0 radical (unpaired) electrons. The predicted molar refractivity (Wildman–Crippen MR) is 102 cm³/mol. The highest BCUT2D eigenvalue weighted by Gasteiger charge is 2.22. The molecule has 0 bridgehead atoms. The molecule has 0 unspecified atom stereocenters. The Morgan fingerprint density at radius 2 is 1.88 bits per heavy atom. The first-order chi connectivity index (χ1) is 12.5. The molecule has 2 aromatic carbocycles. The molecule has 3 rings (SSSR count). The van der Waals surface area contributed by atoms with Crippen LogP contribution in [0, 0.1) is 6.92 Å². The van der Waals surface area contributed by atoms with Crippen LogP contribution in [0.5, 0.6) is 5.75 Å². The fraction of sp³-hybridized carbons (Fsp3) is 0.238. The zero-order valence-corrected chi connectivity index (χ0v) is 15.1. The fourth-order valence-corrected chi connectivity index (χ4v) is 2.93. The summed E-state index contributed by atoms with van der Waals surface area (Å²) < 4.78 is 11.0. The summed E-state index contributed by atoms with van der Waals surface area (Å²) in [6.07, 6.45) is -0.677. The number of amides is 1. The number of para-hydroxylation sites is 1. The Morgan fingerprint density at radius 3 is 2.58 bits per heavy atom. The SMILES string of the molecule is CCN(C(=O)[C@H](C)Oc1ccc2c(C)cc(=O)oc2c1)c1ccccc1. The van der Waals surface area contributed by atoms with E-state index >= 15 is 0 Å². The van der Waals surface area contributed by atoms with Crippen LogP contribution >= 0.6 is 0 Å². The van der Waals surface area contributed by atoms with Gasteiger partial charge >= 0.3 is 5.63 Å². The highest BCUT2D eigenvalue weighted by atomic mass is 16.5. The van der Waals surface area contributed by atoms with Gasteiger partial charge in [-0.3, -0.25) is 4.79 Å². The number of likely N-dealkylation sites (N-methyl/N-ethyl adjacent to an activating group) is 1. The molecular weight excluding hydrogens is 330 g/mol. The lowest BCUT2D eigenvalue weighted by Crippen LogP contribution is -2.40. The normalized spacial score (nSPS) is 12.0. The van der Waals surface area contributed by atoms with Gasteiger partial charge in [0.25, 0.3) is 5.91 Å². The molecule has 0 spiro atoms. The van der Waals surface area contributed by atoms with Crippen LogP contribution in [0.1, 0.15) is 19.4 Å². The van der Waals surface area contributed by atoms with Crippen LogP contribution in [0.25, 0.3) is 11.0 Å². The van der Waals surface area contributed by atoms with E-state index < -0.39 is 11.7 Å². The molecule has 1 amide bonds. The zero-order valence-electron chi connectivity index (χ0n) is 15.1. The number of hydrogen-bond acceptors (Lipinski definition) is 4. The van der Waals surface area contributed by atoms with E-state index in [9.17, 15) is 9.59 Å². The standard InChI is InChI=1S/C21H21NO4/c1-4-22(16-8-6-5-7-9-16)21(24)15(3)25-17-10-11-18-14(2)12-20(23)26-19(18)13-17/h5-13,15H,4H2,1-3H3/t15-/m0/s1. The average molecular weight is 351 g/mol. The van der Waals surface area contributed by atoms with Gasteiger partial charge in [-0.2, -0.15) is 0 Å². The van der Waals surface area contributed by atoms with Crippen LogP contribution in [0.4, 0.5) is 5.69 Å². The van der Waals surface area contributed by atoms with Crippen LogP contribution in [0.3, 0.4) is 0 Å². The second-order valence-electron chi connectivity index (χ2n) is 6.08. The molecule has 0 aliphatic heterocycles. The number of ether oxygens (including phenoxy) is 1. The minimum atomic E-state index is -0.677. The van der Waals surface area contributed by atoms with Gasteiger partial charge in [0.15, 0.2) is 6.10 Å². The van der Waals surface area contributed by atoms with Crippen molar-refractivity contribution in [1.82, 2.24) is 0 Å². The minimum absolute atomic E-state index is 0.135. The number of benzene rings is 2. The van der Waals surface area contributed by atoms with Crippen LogP contribution in [-0.4, -0.2) is 18.6 Å². The van der Waals surface area contributed by atoms with Crippen LogP contribution in [0.2, 0.25) is 0 Å². The molecule has 0 aliphatic carbocycles. The third kappa shape index (κ3) is 3.61. The van der Waals surface area contributed by atoms with Crippen molar-refractivity contribution in [2.24, 2.45) is 0 Å². The first kappa shape index (κ1) is 17.7. The molecule has 134 valence electrons. The molecule has 1 aromatic heterocycles. The van der Waals surface area contributed by atoms with Crippen molar-refractivity contribution < 1.29 is 13.9 Å². The predicted octanol–water partition coefficient (Wildman–Crippen LogP) is 3.92. The molecule has 1 heterocycles. The Kier molecular flexibility index (Phi) is 5.07. The van der Waals surface area contributed by atoms with Gasteiger partial charge in [0.1, 0.15) is 11.3 Å². The summed E-state index contributed by atoms with van der Waals surface area (Å²) in [5.74, 6) is 0.348. The Bertz CT molecular complexity index is 978. The Morgan fingerprint density at radius 1 is 1.15 bits per heavy atom. The number of rotatable bonds is 5. The van der Waals surface area contributed by atoms with E-state index in [1.165, 1.54) is 6.07 Å². The molecule has 26 heavy (non-hydrogen) atoms. The fourth-order valence-electron chi connectivity index (χ4n) is 2.93. The quantitative estimate of drug-likeness (QED) is 0.654. The summed E-state index contributed by atoms with van der Waals surface area (Å²) in [4.78, 5) is 26.0. The zero-order chi connectivity index (χ0) is 18.7. The summed E-state index contributed by atoms with van der Waals surface area (Å²) in [5.41, 5.74) is 1.71. The van der Waals surface area contributed by atoms with Gasteiger partial charge < -0.3 is 14.1 Å². The van der Waals surface area contributed by atoms with Gasteiger partial charge in [-0.25, -0.2) is 4.79 Å². The van der Waals surface area contributed by atoms with Gasteiger partial charge in [0.2, 0.25) is 0 Å². The number of carbonyl (C=O) groups is 1.